The number of nitrogens with one attached hydrogen (secondary N) is 1. The molecule has 33 heavy (non-hydrogen) atoms. The van der Waals surface area contributed by atoms with Gasteiger partial charge in [0, 0.05) is 31.4 Å². The number of ether oxygens (including phenoxy) is 2. The van der Waals surface area contributed by atoms with Crippen molar-refractivity contribution in [1.82, 2.24) is 4.90 Å². The molecule has 1 aliphatic heterocycles. The second-order valence-electron chi connectivity index (χ2n) is 8.74. The van der Waals surface area contributed by atoms with Crippen molar-refractivity contribution in [2.45, 2.75) is 39.3 Å². The summed E-state index contributed by atoms with van der Waals surface area (Å²) in [6.07, 6.45) is 2.08. The number of benzene rings is 1. The lowest BCUT2D eigenvalue weighted by Gasteiger charge is -2.30. The number of alkyl halides is 2. The van der Waals surface area contributed by atoms with Crippen molar-refractivity contribution in [1.29, 1.82) is 0 Å². The van der Waals surface area contributed by atoms with Crippen LogP contribution in [0.1, 0.15) is 26.7 Å². The summed E-state index contributed by atoms with van der Waals surface area (Å²) in [7, 11) is 0. The molecule has 11 heteroatoms. The predicted octanol–water partition coefficient (Wildman–Crippen LogP) is 1.81. The average molecular weight is 469 g/mol. The maximum atomic E-state index is 13.0. The number of amides is 3. The summed E-state index contributed by atoms with van der Waals surface area (Å²) in [4.78, 5) is 40.4. The highest BCUT2D eigenvalue weighted by Gasteiger charge is 2.35. The first-order valence-corrected chi connectivity index (χ1v) is 11.0. The van der Waals surface area contributed by atoms with Crippen LogP contribution in [0.4, 0.5) is 20.2 Å². The van der Waals surface area contributed by atoms with Gasteiger partial charge in [0.1, 0.15) is 6.61 Å². The number of hydrogen-bond acceptors (Lipinski definition) is 6. The summed E-state index contributed by atoms with van der Waals surface area (Å²) in [5.74, 6) is -1.47. The highest BCUT2D eigenvalue weighted by molar-refractivity contribution is 6.09. The Kier molecular flexibility index (Phi) is 8.20. The summed E-state index contributed by atoms with van der Waals surface area (Å²) < 4.78 is 35.8. The van der Waals surface area contributed by atoms with Crippen LogP contribution < -0.4 is 20.7 Å². The summed E-state index contributed by atoms with van der Waals surface area (Å²) in [6, 6.07) is 2.87. The molecule has 3 rings (SSSR count). The van der Waals surface area contributed by atoms with Crippen LogP contribution in [0.15, 0.2) is 18.2 Å². The fourth-order valence-corrected chi connectivity index (χ4v) is 3.85. The van der Waals surface area contributed by atoms with E-state index in [1.54, 1.807) is 4.90 Å². The molecule has 1 heterocycles. The lowest BCUT2D eigenvalue weighted by Crippen LogP contribution is -2.53. The van der Waals surface area contributed by atoms with Crippen LogP contribution in [-0.2, 0) is 19.1 Å². The monoisotopic (exact) mass is 468 g/mol. The number of nitrogens with two attached hydrogens (primary N) is 1. The van der Waals surface area contributed by atoms with E-state index in [2.05, 4.69) is 10.1 Å². The highest BCUT2D eigenvalue weighted by Crippen LogP contribution is 2.34. The summed E-state index contributed by atoms with van der Waals surface area (Å²) in [6.45, 7) is 2.19. The van der Waals surface area contributed by atoms with Crippen molar-refractivity contribution >= 4 is 29.1 Å². The van der Waals surface area contributed by atoms with Gasteiger partial charge in [-0.1, -0.05) is 13.8 Å². The molecular formula is C22H30F2N4O5. The van der Waals surface area contributed by atoms with E-state index in [1.165, 1.54) is 23.1 Å². The molecule has 1 aromatic carbocycles. The molecule has 0 unspecified atom stereocenters. The molecule has 0 bridgehead atoms. The minimum atomic E-state index is -3.13. The number of nitrogens with zero attached hydrogens (tertiary/aromatic N) is 2. The molecule has 2 fully saturated rings. The molecule has 1 aliphatic carbocycles. The minimum Gasteiger partial charge on any atom is -0.433 e. The van der Waals surface area contributed by atoms with E-state index < -0.39 is 30.4 Å². The van der Waals surface area contributed by atoms with Crippen molar-refractivity contribution in [2.75, 3.05) is 43.1 Å². The Bertz CT molecular complexity index is 874. The average Bonchev–Trinajstić information content (AvgIpc) is 3.52. The minimum absolute atomic E-state index is 0.141. The predicted molar refractivity (Wildman–Crippen MR) is 117 cm³/mol. The summed E-state index contributed by atoms with van der Waals surface area (Å²) in [5, 5.41) is 2.59. The largest absolute Gasteiger partial charge is 0.433 e. The van der Waals surface area contributed by atoms with E-state index in [9.17, 15) is 23.2 Å². The van der Waals surface area contributed by atoms with Crippen LogP contribution in [-0.4, -0.2) is 68.1 Å². The van der Waals surface area contributed by atoms with Gasteiger partial charge >= 0.3 is 6.61 Å². The number of morpholine rings is 1. The molecule has 1 saturated heterocycles. The Morgan fingerprint density at radius 1 is 1.33 bits per heavy atom. The van der Waals surface area contributed by atoms with Gasteiger partial charge in [-0.3, -0.25) is 19.3 Å². The van der Waals surface area contributed by atoms with Crippen LogP contribution in [0.5, 0.6) is 5.75 Å². The van der Waals surface area contributed by atoms with Gasteiger partial charge in [0.25, 0.3) is 11.8 Å². The molecule has 0 spiro atoms. The molecule has 3 amide bonds. The van der Waals surface area contributed by atoms with Gasteiger partial charge in [0.2, 0.25) is 5.91 Å². The molecule has 9 nitrogen and oxygen atoms in total. The molecular weight excluding hydrogens is 438 g/mol. The number of primary amides is 1. The Morgan fingerprint density at radius 3 is 2.64 bits per heavy atom. The van der Waals surface area contributed by atoms with E-state index >= 15 is 0 Å². The van der Waals surface area contributed by atoms with Crippen LogP contribution in [0.3, 0.4) is 0 Å². The van der Waals surface area contributed by atoms with Gasteiger partial charge in [0.15, 0.2) is 11.8 Å². The van der Waals surface area contributed by atoms with Gasteiger partial charge in [-0.05, 0) is 36.8 Å². The Hall–Kier alpha value is -2.79. The Balaban J connectivity index is 1.82. The maximum absolute atomic E-state index is 13.0. The van der Waals surface area contributed by atoms with Crippen molar-refractivity contribution in [3.05, 3.63) is 18.2 Å². The van der Waals surface area contributed by atoms with E-state index in [-0.39, 0.29) is 42.8 Å². The Labute approximate surface area is 191 Å². The Morgan fingerprint density at radius 2 is 2.06 bits per heavy atom. The molecule has 1 aromatic rings. The smallest absolute Gasteiger partial charge is 0.387 e. The van der Waals surface area contributed by atoms with Gasteiger partial charge < -0.3 is 25.4 Å². The number of carbonyl (C=O) groups is 3. The molecule has 1 atom stereocenters. The van der Waals surface area contributed by atoms with Crippen LogP contribution in [0.25, 0.3) is 0 Å². The fourth-order valence-electron chi connectivity index (χ4n) is 3.85. The first-order valence-electron chi connectivity index (χ1n) is 11.0. The lowest BCUT2D eigenvalue weighted by atomic mass is 10.1. The normalized spacial score (nSPS) is 17.5. The zero-order valence-corrected chi connectivity index (χ0v) is 18.8. The van der Waals surface area contributed by atoms with Gasteiger partial charge in [-0.2, -0.15) is 8.78 Å². The fraction of sp³-hybridized carbons (Fsp3) is 0.591. The van der Waals surface area contributed by atoms with E-state index in [1.807, 2.05) is 13.8 Å². The van der Waals surface area contributed by atoms with Crippen LogP contribution in [0.2, 0.25) is 0 Å². The standard InChI is InChI=1S/C22H30F2N4O5/c1-13(2)10-27(11-14-3-4-14)19(20(25)30)21(31)26-15-5-6-16(17(9-15)33-22(23)24)28-7-8-32-12-18(28)29/h5-6,9,13-14,19,22H,3-4,7-8,10-12H2,1-2H3,(H2,25,30)(H,26,31)/t19-/m0/s1. The number of rotatable bonds is 11. The molecule has 2 aliphatic rings. The van der Waals surface area contributed by atoms with Crippen LogP contribution in [0, 0.1) is 11.8 Å². The topological polar surface area (TPSA) is 114 Å². The molecule has 0 radical (unpaired) electrons. The zero-order chi connectivity index (χ0) is 24.1. The van der Waals surface area contributed by atoms with Gasteiger partial charge in [0.05, 0.1) is 12.3 Å². The second kappa shape index (κ2) is 10.9. The summed E-state index contributed by atoms with van der Waals surface area (Å²) >= 11 is 0. The van der Waals surface area contributed by atoms with E-state index in [4.69, 9.17) is 10.5 Å². The first-order chi connectivity index (χ1) is 15.7. The maximum Gasteiger partial charge on any atom is 0.387 e. The van der Waals surface area contributed by atoms with Crippen molar-refractivity contribution < 1.29 is 32.6 Å². The SMILES string of the molecule is CC(C)CN(CC1CC1)[C@@H](C(N)=O)C(=O)Nc1ccc(N2CCOCC2=O)c(OC(F)F)c1. The van der Waals surface area contributed by atoms with Crippen molar-refractivity contribution in [3.63, 3.8) is 0 Å². The third-order valence-electron chi connectivity index (χ3n) is 5.39. The lowest BCUT2D eigenvalue weighted by molar-refractivity contribution is -0.133. The number of halogens is 2. The first kappa shape index (κ1) is 24.8. The molecule has 0 aromatic heterocycles. The number of anilines is 2. The van der Waals surface area contributed by atoms with Gasteiger partial charge in [-0.25, -0.2) is 0 Å². The number of carbonyl (C=O) groups excluding carboxylic acids is 3. The number of hydrogen-bond donors (Lipinski definition) is 2. The van der Waals surface area contributed by atoms with Crippen LogP contribution >= 0.6 is 0 Å². The zero-order valence-electron chi connectivity index (χ0n) is 18.8. The third kappa shape index (κ3) is 6.84. The quantitative estimate of drug-likeness (QED) is 0.479. The van der Waals surface area contributed by atoms with Gasteiger partial charge in [-0.15, -0.1) is 0 Å². The van der Waals surface area contributed by atoms with E-state index in [0.717, 1.165) is 12.8 Å². The van der Waals surface area contributed by atoms with Crippen molar-refractivity contribution in [3.8, 4) is 5.75 Å². The molecule has 3 N–H and O–H groups in total. The molecule has 182 valence electrons. The van der Waals surface area contributed by atoms with E-state index in [0.29, 0.717) is 19.0 Å². The third-order valence-corrected chi connectivity index (χ3v) is 5.39. The highest BCUT2D eigenvalue weighted by atomic mass is 19.3. The van der Waals surface area contributed by atoms with Crippen molar-refractivity contribution in [2.24, 2.45) is 17.6 Å². The summed E-state index contributed by atoms with van der Waals surface area (Å²) in [5.41, 5.74) is 5.86. The molecule has 1 saturated carbocycles. The second-order valence-corrected chi connectivity index (χ2v) is 8.74.